The van der Waals surface area contributed by atoms with Gasteiger partial charge in [0.05, 0.1) is 12.5 Å². The maximum atomic E-state index is 11.2. The minimum Gasteiger partial charge on any atom is -0.308 e. The Balaban J connectivity index is 2.37. The second-order valence-electron chi connectivity index (χ2n) is 4.00. The molecule has 2 N–H and O–H groups in total. The number of carbonyl (C=O) groups excluding carboxylic acids is 2. The molecule has 0 aromatic heterocycles. The molecule has 1 aliphatic rings. The van der Waals surface area contributed by atoms with Crippen molar-refractivity contribution in [3.63, 3.8) is 0 Å². The predicted octanol–water partition coefficient (Wildman–Crippen LogP) is -1.06. The van der Waals surface area contributed by atoms with Crippen LogP contribution < -0.4 is 10.6 Å². The van der Waals surface area contributed by atoms with E-state index in [0.717, 1.165) is 6.54 Å². The van der Waals surface area contributed by atoms with Gasteiger partial charge in [-0.25, -0.2) is 0 Å². The number of imide groups is 1. The van der Waals surface area contributed by atoms with E-state index in [4.69, 9.17) is 0 Å². The number of hydrogen-bond acceptors (Lipinski definition) is 4. The smallest absolute Gasteiger partial charge is 0.244 e. The van der Waals surface area contributed by atoms with Crippen LogP contribution in [0, 0.1) is 0 Å². The van der Waals surface area contributed by atoms with E-state index in [1.807, 2.05) is 25.9 Å². The van der Waals surface area contributed by atoms with Crippen molar-refractivity contribution < 1.29 is 9.59 Å². The second-order valence-corrected chi connectivity index (χ2v) is 4.00. The van der Waals surface area contributed by atoms with Crippen molar-refractivity contribution >= 4 is 11.8 Å². The Morgan fingerprint density at radius 2 is 2.21 bits per heavy atom. The highest BCUT2D eigenvalue weighted by atomic mass is 16.2. The van der Waals surface area contributed by atoms with Crippen LogP contribution in [0.2, 0.25) is 0 Å². The largest absolute Gasteiger partial charge is 0.308 e. The summed E-state index contributed by atoms with van der Waals surface area (Å²) < 4.78 is 0. The molecule has 5 nitrogen and oxygen atoms in total. The van der Waals surface area contributed by atoms with Gasteiger partial charge in [-0.15, -0.1) is 0 Å². The molecule has 1 saturated heterocycles. The van der Waals surface area contributed by atoms with Gasteiger partial charge in [0.1, 0.15) is 0 Å². The van der Waals surface area contributed by atoms with Gasteiger partial charge in [-0.05, 0) is 21.0 Å². The van der Waals surface area contributed by atoms with Crippen molar-refractivity contribution in [1.29, 1.82) is 0 Å². The maximum absolute atomic E-state index is 11.2. The van der Waals surface area contributed by atoms with E-state index in [1.165, 1.54) is 0 Å². The van der Waals surface area contributed by atoms with Crippen LogP contribution in [-0.2, 0) is 9.59 Å². The number of rotatable bonds is 4. The van der Waals surface area contributed by atoms with Crippen LogP contribution in [0.5, 0.6) is 0 Å². The summed E-state index contributed by atoms with van der Waals surface area (Å²) in [7, 11) is 3.94. The highest BCUT2D eigenvalue weighted by Crippen LogP contribution is 2.02. The van der Waals surface area contributed by atoms with Crippen molar-refractivity contribution in [3.8, 4) is 0 Å². The van der Waals surface area contributed by atoms with Crippen molar-refractivity contribution in [3.05, 3.63) is 0 Å². The summed E-state index contributed by atoms with van der Waals surface area (Å²) in [4.78, 5) is 24.1. The first-order chi connectivity index (χ1) is 6.49. The molecule has 0 bridgehead atoms. The molecule has 1 rings (SSSR count). The Bertz CT molecular complexity index is 240. The van der Waals surface area contributed by atoms with E-state index in [9.17, 15) is 9.59 Å². The summed E-state index contributed by atoms with van der Waals surface area (Å²) in [6.45, 7) is 2.84. The third-order valence-electron chi connectivity index (χ3n) is 2.09. The number of nitrogens with zero attached hydrogens (tertiary/aromatic N) is 1. The van der Waals surface area contributed by atoms with Gasteiger partial charge in [-0.1, -0.05) is 0 Å². The zero-order chi connectivity index (χ0) is 10.7. The SMILES string of the molecule is CC(CN(C)C)NC1CC(=O)NC1=O. The summed E-state index contributed by atoms with van der Waals surface area (Å²) in [5.74, 6) is -0.398. The number of hydrogen-bond donors (Lipinski definition) is 2. The van der Waals surface area contributed by atoms with E-state index in [1.54, 1.807) is 0 Å². The van der Waals surface area contributed by atoms with E-state index in [-0.39, 0.29) is 30.3 Å². The van der Waals surface area contributed by atoms with Crippen LogP contribution in [0.4, 0.5) is 0 Å². The fraction of sp³-hybridized carbons (Fsp3) is 0.778. The molecular formula is C9H17N3O2. The van der Waals surface area contributed by atoms with Gasteiger partial charge in [-0.3, -0.25) is 14.9 Å². The van der Waals surface area contributed by atoms with Crippen LogP contribution in [0.1, 0.15) is 13.3 Å². The Hall–Kier alpha value is -0.940. The fourth-order valence-corrected chi connectivity index (χ4v) is 1.63. The second kappa shape index (κ2) is 4.52. The molecule has 80 valence electrons. The lowest BCUT2D eigenvalue weighted by molar-refractivity contribution is -0.125. The molecule has 2 amide bonds. The first kappa shape index (κ1) is 11.1. The Morgan fingerprint density at radius 1 is 1.57 bits per heavy atom. The number of amides is 2. The number of nitrogens with one attached hydrogen (secondary N) is 2. The molecule has 2 atom stereocenters. The van der Waals surface area contributed by atoms with E-state index >= 15 is 0 Å². The predicted molar refractivity (Wildman–Crippen MR) is 52.7 cm³/mol. The topological polar surface area (TPSA) is 61.4 Å². The number of carbonyl (C=O) groups is 2. The molecule has 0 aromatic carbocycles. The lowest BCUT2D eigenvalue weighted by Gasteiger charge is -2.20. The third kappa shape index (κ3) is 3.08. The molecule has 1 aliphatic heterocycles. The normalized spacial score (nSPS) is 24.1. The van der Waals surface area contributed by atoms with Crippen molar-refractivity contribution in [1.82, 2.24) is 15.5 Å². The Morgan fingerprint density at radius 3 is 2.64 bits per heavy atom. The standard InChI is InChI=1S/C9H17N3O2/c1-6(5-12(2)3)10-7-4-8(13)11-9(7)14/h6-7,10H,4-5H2,1-3H3,(H,11,13,14). The third-order valence-corrected chi connectivity index (χ3v) is 2.09. The molecule has 2 unspecified atom stereocenters. The van der Waals surface area contributed by atoms with Gasteiger partial charge in [-0.2, -0.15) is 0 Å². The van der Waals surface area contributed by atoms with Gasteiger partial charge in [0, 0.05) is 12.6 Å². The Labute approximate surface area is 83.8 Å². The first-order valence-corrected chi connectivity index (χ1v) is 4.73. The van der Waals surface area contributed by atoms with Crippen molar-refractivity contribution in [2.24, 2.45) is 0 Å². The highest BCUT2D eigenvalue weighted by molar-refractivity contribution is 6.05. The van der Waals surface area contributed by atoms with Crippen molar-refractivity contribution in [2.45, 2.75) is 25.4 Å². The molecule has 14 heavy (non-hydrogen) atoms. The lowest BCUT2D eigenvalue weighted by Crippen LogP contribution is -2.45. The zero-order valence-electron chi connectivity index (χ0n) is 8.83. The van der Waals surface area contributed by atoms with Crippen LogP contribution in [0.3, 0.4) is 0 Å². The van der Waals surface area contributed by atoms with Crippen LogP contribution >= 0.6 is 0 Å². The van der Waals surface area contributed by atoms with Gasteiger partial charge < -0.3 is 10.2 Å². The Kier molecular flexibility index (Phi) is 3.60. The fourth-order valence-electron chi connectivity index (χ4n) is 1.63. The first-order valence-electron chi connectivity index (χ1n) is 4.73. The summed E-state index contributed by atoms with van der Waals surface area (Å²) in [6, 6.07) is -0.149. The van der Waals surface area contributed by atoms with Crippen LogP contribution in [-0.4, -0.2) is 49.4 Å². The average Bonchev–Trinajstić information content (AvgIpc) is 2.28. The van der Waals surface area contributed by atoms with E-state index < -0.39 is 0 Å². The summed E-state index contributed by atoms with van der Waals surface area (Å²) in [5.41, 5.74) is 0. The van der Waals surface area contributed by atoms with Gasteiger partial charge in [0.15, 0.2) is 0 Å². The molecule has 0 aromatic rings. The molecule has 1 fully saturated rings. The zero-order valence-corrected chi connectivity index (χ0v) is 8.83. The van der Waals surface area contributed by atoms with Crippen LogP contribution in [0.25, 0.3) is 0 Å². The van der Waals surface area contributed by atoms with Crippen molar-refractivity contribution in [2.75, 3.05) is 20.6 Å². The summed E-state index contributed by atoms with van der Waals surface area (Å²) in [6.07, 6.45) is 0.261. The molecule has 0 saturated carbocycles. The minimum atomic E-state index is -0.350. The monoisotopic (exact) mass is 199 g/mol. The molecule has 0 radical (unpaired) electrons. The lowest BCUT2D eigenvalue weighted by atomic mass is 10.2. The highest BCUT2D eigenvalue weighted by Gasteiger charge is 2.30. The quantitative estimate of drug-likeness (QED) is 0.567. The minimum absolute atomic E-state index is 0.190. The van der Waals surface area contributed by atoms with E-state index in [2.05, 4.69) is 10.6 Å². The number of likely N-dealkylation sites (N-methyl/N-ethyl adjacent to an activating group) is 1. The summed E-state index contributed by atoms with van der Waals surface area (Å²) in [5, 5.41) is 5.39. The van der Waals surface area contributed by atoms with Gasteiger partial charge in [0.2, 0.25) is 11.8 Å². The summed E-state index contributed by atoms with van der Waals surface area (Å²) >= 11 is 0. The van der Waals surface area contributed by atoms with Crippen LogP contribution in [0.15, 0.2) is 0 Å². The average molecular weight is 199 g/mol. The molecule has 0 spiro atoms. The van der Waals surface area contributed by atoms with Gasteiger partial charge >= 0.3 is 0 Å². The van der Waals surface area contributed by atoms with Gasteiger partial charge in [0.25, 0.3) is 0 Å². The molecule has 0 aliphatic carbocycles. The maximum Gasteiger partial charge on any atom is 0.244 e. The molecule has 5 heteroatoms. The molecular weight excluding hydrogens is 182 g/mol. The van der Waals surface area contributed by atoms with E-state index in [0.29, 0.717) is 0 Å². The molecule has 1 heterocycles.